The fourth-order valence-corrected chi connectivity index (χ4v) is 5.55. The zero-order chi connectivity index (χ0) is 29.6. The lowest BCUT2D eigenvalue weighted by molar-refractivity contribution is -0.697. The molecule has 0 atom stereocenters. The third kappa shape index (κ3) is 6.81. The van der Waals surface area contributed by atoms with E-state index in [1.807, 2.05) is 24.3 Å². The minimum absolute atomic E-state index is 0.573. The van der Waals surface area contributed by atoms with Gasteiger partial charge in [0.05, 0.1) is 0 Å². The van der Waals surface area contributed by atoms with Crippen LogP contribution in [-0.4, -0.2) is 13.2 Å². The molecular weight excluding hydrogens is 544 g/mol. The van der Waals surface area contributed by atoms with Crippen molar-refractivity contribution in [3.63, 3.8) is 0 Å². The second kappa shape index (κ2) is 12.9. The average Bonchev–Trinajstić information content (AvgIpc) is 3.06. The topological polar surface area (TPSA) is 34.0 Å². The van der Waals surface area contributed by atoms with Gasteiger partial charge >= 0.3 is 0 Å². The molecule has 2 aromatic carbocycles. The number of benzene rings is 2. The molecule has 6 aromatic rings. The van der Waals surface area contributed by atoms with E-state index in [1.54, 1.807) is 0 Å². The Morgan fingerprint density at radius 3 is 1.16 bits per heavy atom. The highest BCUT2D eigenvalue weighted by atomic mass is 16.5. The van der Waals surface area contributed by atoms with Gasteiger partial charge in [0.25, 0.3) is 0 Å². The maximum atomic E-state index is 6.05. The second-order valence-corrected chi connectivity index (χ2v) is 11.2. The van der Waals surface area contributed by atoms with E-state index in [4.69, 9.17) is 9.47 Å². The van der Waals surface area contributed by atoms with E-state index < -0.39 is 0 Å². The van der Waals surface area contributed by atoms with Gasteiger partial charge in [-0.2, -0.15) is 0 Å². The number of aromatic nitrogens is 4. The monoisotopic (exact) mass is 580 g/mol. The van der Waals surface area contributed by atoms with Gasteiger partial charge in [0, 0.05) is 65.7 Å². The van der Waals surface area contributed by atoms with Crippen molar-refractivity contribution < 1.29 is 27.7 Å². The van der Waals surface area contributed by atoms with Crippen molar-refractivity contribution in [1.29, 1.82) is 0 Å². The fraction of sp³-hybridized carbons (Fsp3) is 0.158. The normalized spacial score (nSPS) is 13.3. The summed E-state index contributed by atoms with van der Waals surface area (Å²) in [7, 11) is 0. The minimum Gasteiger partial charge on any atom is -0.487 e. The van der Waals surface area contributed by atoms with Gasteiger partial charge in [0.1, 0.15) is 24.7 Å². The van der Waals surface area contributed by atoms with Crippen LogP contribution in [0.5, 0.6) is 11.5 Å². The Morgan fingerprint density at radius 1 is 0.386 bits per heavy atom. The lowest BCUT2D eigenvalue weighted by Crippen LogP contribution is -2.36. The summed E-state index contributed by atoms with van der Waals surface area (Å²) in [6.45, 7) is 4.32. The molecule has 0 N–H and O–H groups in total. The van der Waals surface area contributed by atoms with Gasteiger partial charge in [-0.1, -0.05) is 24.3 Å². The van der Waals surface area contributed by atoms with Crippen LogP contribution in [0.4, 0.5) is 0 Å². The standard InChI is InChI=1S/C38H36N4O2/c1-3-31-27-32(4-1)30-42-21-13-36(14-22-42)34-9-17-40(18-10-34)24-26-44-38-6-2-5-37(28-38)43-25-23-39-15-7-33(8-16-39)35-11-19-41(29-31)20-12-35/h1-22,27-28H,23-26,29-30H2/q+4. The van der Waals surface area contributed by atoms with E-state index in [2.05, 4.69) is 141 Å². The summed E-state index contributed by atoms with van der Waals surface area (Å²) in [4.78, 5) is 0. The van der Waals surface area contributed by atoms with Crippen LogP contribution in [-0.2, 0) is 26.2 Å². The quantitative estimate of drug-likeness (QED) is 0.244. The first-order valence-corrected chi connectivity index (χ1v) is 15.1. The second-order valence-electron chi connectivity index (χ2n) is 11.2. The summed E-state index contributed by atoms with van der Waals surface area (Å²) < 4.78 is 20.8. The molecule has 6 nitrogen and oxygen atoms in total. The molecule has 0 fully saturated rings. The lowest BCUT2D eigenvalue weighted by Gasteiger charge is -2.08. The third-order valence-corrected chi connectivity index (χ3v) is 7.99. The minimum atomic E-state index is 0.573. The van der Waals surface area contributed by atoms with Crippen molar-refractivity contribution in [1.82, 2.24) is 0 Å². The molecule has 0 saturated heterocycles. The molecule has 44 heavy (non-hydrogen) atoms. The van der Waals surface area contributed by atoms with Crippen molar-refractivity contribution >= 4 is 0 Å². The fourth-order valence-electron chi connectivity index (χ4n) is 5.55. The van der Waals surface area contributed by atoms with Gasteiger partial charge in [0.2, 0.25) is 0 Å². The van der Waals surface area contributed by atoms with Crippen LogP contribution in [0.1, 0.15) is 11.1 Å². The molecule has 14 rings (SSSR count). The Kier molecular flexibility index (Phi) is 8.04. The van der Waals surface area contributed by atoms with Gasteiger partial charge < -0.3 is 9.47 Å². The zero-order valence-corrected chi connectivity index (χ0v) is 24.7. The Bertz CT molecular complexity index is 1710. The average molecular weight is 581 g/mol. The van der Waals surface area contributed by atoms with E-state index >= 15 is 0 Å². The molecule has 6 heteroatoms. The number of ether oxygens (including phenoxy) is 2. The van der Waals surface area contributed by atoms with Gasteiger partial charge in [-0.05, 0) is 40.5 Å². The van der Waals surface area contributed by atoms with E-state index in [-0.39, 0.29) is 0 Å². The van der Waals surface area contributed by atoms with E-state index in [0.29, 0.717) is 13.2 Å². The van der Waals surface area contributed by atoms with E-state index in [0.717, 1.165) is 37.7 Å². The van der Waals surface area contributed by atoms with Crippen LogP contribution in [0.3, 0.4) is 0 Å². The van der Waals surface area contributed by atoms with Crippen LogP contribution in [0, 0.1) is 0 Å². The van der Waals surface area contributed by atoms with Crippen molar-refractivity contribution in [2.75, 3.05) is 13.2 Å². The summed E-state index contributed by atoms with van der Waals surface area (Å²) in [6.07, 6.45) is 17.1. The Hall–Kier alpha value is -5.36. The molecule has 8 aliphatic heterocycles. The van der Waals surface area contributed by atoms with Crippen molar-refractivity contribution in [3.8, 4) is 33.8 Å². The summed E-state index contributed by atoms with van der Waals surface area (Å²) in [5.41, 5.74) is 7.35. The maximum absolute atomic E-state index is 6.05. The van der Waals surface area contributed by atoms with Crippen LogP contribution in [0.25, 0.3) is 22.3 Å². The predicted molar refractivity (Wildman–Crippen MR) is 167 cm³/mol. The molecule has 0 radical (unpaired) electrons. The van der Waals surface area contributed by atoms with Crippen molar-refractivity contribution in [2.45, 2.75) is 26.2 Å². The van der Waals surface area contributed by atoms with Gasteiger partial charge in [-0.15, -0.1) is 0 Å². The van der Waals surface area contributed by atoms with Gasteiger partial charge in [-0.3, -0.25) is 0 Å². The molecule has 0 spiro atoms. The highest BCUT2D eigenvalue weighted by Crippen LogP contribution is 2.20. The smallest absolute Gasteiger partial charge is 0.182 e. The van der Waals surface area contributed by atoms with E-state index in [9.17, 15) is 0 Å². The zero-order valence-electron chi connectivity index (χ0n) is 24.7. The van der Waals surface area contributed by atoms with Crippen LogP contribution in [0.2, 0.25) is 0 Å². The number of nitrogens with zero attached hydrogens (tertiary/aromatic N) is 4. The highest BCUT2D eigenvalue weighted by Gasteiger charge is 2.11. The highest BCUT2D eigenvalue weighted by molar-refractivity contribution is 5.61. The lowest BCUT2D eigenvalue weighted by atomic mass is 10.1. The number of hydrogen-bond acceptors (Lipinski definition) is 2. The van der Waals surface area contributed by atoms with Crippen LogP contribution >= 0.6 is 0 Å². The first-order chi connectivity index (χ1) is 21.7. The molecule has 0 amide bonds. The number of hydrogen-bond donors (Lipinski definition) is 0. The molecule has 8 aliphatic rings. The predicted octanol–water partition coefficient (Wildman–Crippen LogP) is 4.74. The number of pyridine rings is 4. The molecule has 12 bridgehead atoms. The third-order valence-electron chi connectivity index (χ3n) is 7.99. The molecule has 4 aromatic heterocycles. The Labute approximate surface area is 258 Å². The molecular formula is C38H36N4O2+4. The first-order valence-electron chi connectivity index (χ1n) is 15.1. The summed E-state index contributed by atoms with van der Waals surface area (Å²) >= 11 is 0. The first kappa shape index (κ1) is 27.5. The van der Waals surface area contributed by atoms with Gasteiger partial charge in [-0.25, -0.2) is 18.3 Å². The summed E-state index contributed by atoms with van der Waals surface area (Å²) in [5.74, 6) is 1.62. The summed E-state index contributed by atoms with van der Waals surface area (Å²) in [5, 5.41) is 0. The molecule has 0 saturated carbocycles. The Balaban J connectivity index is 1.13. The summed E-state index contributed by atoms with van der Waals surface area (Å²) in [6, 6.07) is 34.1. The molecule has 12 heterocycles. The Morgan fingerprint density at radius 2 is 0.750 bits per heavy atom. The SMILES string of the molecule is c1cc2cc(c1)C[n+]1ccc(cc1)-c1cc[n+](cc1)CCOc1cccc(c1)OCC[n+]1ccc(cc1)-c1cc[n+](cc1)C2. The molecule has 0 unspecified atom stereocenters. The van der Waals surface area contributed by atoms with Crippen molar-refractivity contribution in [2.24, 2.45) is 0 Å². The molecule has 216 valence electrons. The van der Waals surface area contributed by atoms with Gasteiger partial charge in [0.15, 0.2) is 75.8 Å². The molecule has 0 aliphatic carbocycles. The van der Waals surface area contributed by atoms with Crippen LogP contribution < -0.4 is 27.7 Å². The largest absolute Gasteiger partial charge is 0.487 e. The number of rotatable bonds is 0. The van der Waals surface area contributed by atoms with Crippen LogP contribution in [0.15, 0.2) is 147 Å². The maximum Gasteiger partial charge on any atom is 0.182 e. The van der Waals surface area contributed by atoms with Crippen molar-refractivity contribution in [3.05, 3.63) is 158 Å². The van der Waals surface area contributed by atoms with E-state index in [1.165, 1.54) is 33.4 Å².